The number of aliphatic hydroxyl groups is 3. The van der Waals surface area contributed by atoms with E-state index in [2.05, 4.69) is 0 Å². The van der Waals surface area contributed by atoms with E-state index in [0.717, 1.165) is 16.8 Å². The van der Waals surface area contributed by atoms with Crippen molar-refractivity contribution in [1.82, 2.24) is 9.55 Å². The van der Waals surface area contributed by atoms with Gasteiger partial charge in [0, 0.05) is 12.3 Å². The number of aliphatic hydroxyl groups excluding tert-OH is 3. The van der Waals surface area contributed by atoms with Crippen LogP contribution in [0.25, 0.3) is 0 Å². The summed E-state index contributed by atoms with van der Waals surface area (Å²) in [6.45, 7) is -0.479. The summed E-state index contributed by atoms with van der Waals surface area (Å²) in [4.78, 5) is 24.3. The Labute approximate surface area is 214 Å². The average molecular weight is 340 g/mol. The van der Waals surface area contributed by atoms with Gasteiger partial charge < -0.3 is 25.8 Å². The molecule has 0 unspecified atom stereocenters. The SMILES string of the molecule is O=c1ccn([C@@H]2O[C@H](CO)[C@@H](O)[C@H]2O)c(=O)[nH]1.[H-].[H-].[H-].[H-].[Na+].[Na+].[Na+].[Na+]. The van der Waals surface area contributed by atoms with E-state index in [0.29, 0.717) is 0 Å². The van der Waals surface area contributed by atoms with E-state index in [1.165, 1.54) is 0 Å². The maximum atomic E-state index is 11.4. The third-order valence-electron chi connectivity index (χ3n) is 2.64. The molecule has 0 bridgehead atoms. The summed E-state index contributed by atoms with van der Waals surface area (Å²) < 4.78 is 6.08. The summed E-state index contributed by atoms with van der Waals surface area (Å²) in [7, 11) is 0. The summed E-state index contributed by atoms with van der Waals surface area (Å²) in [5.74, 6) is 0. The van der Waals surface area contributed by atoms with Crippen LogP contribution in [0.3, 0.4) is 0 Å². The van der Waals surface area contributed by atoms with Gasteiger partial charge in [0.2, 0.25) is 0 Å². The molecule has 1 aliphatic rings. The Balaban J connectivity index is -0.0000000810. The second kappa shape index (κ2) is 12.8. The zero-order valence-electron chi connectivity index (χ0n) is 16.7. The molecule has 102 valence electrons. The number of aromatic nitrogens is 2. The molecule has 0 saturated carbocycles. The maximum Gasteiger partial charge on any atom is 1.00 e. The Morgan fingerprint density at radius 1 is 1.19 bits per heavy atom. The molecule has 2 heterocycles. The molecule has 12 heteroatoms. The van der Waals surface area contributed by atoms with Crippen LogP contribution in [0.4, 0.5) is 0 Å². The maximum absolute atomic E-state index is 11.4. The molecule has 1 fully saturated rings. The van der Waals surface area contributed by atoms with Crippen LogP contribution in [0, 0.1) is 0 Å². The first-order valence-electron chi connectivity index (χ1n) is 4.98. The third kappa shape index (κ3) is 6.74. The number of nitrogens with one attached hydrogen (secondary N) is 1. The Morgan fingerprint density at radius 2 is 1.76 bits per heavy atom. The van der Waals surface area contributed by atoms with E-state index in [1.807, 2.05) is 4.98 Å². The van der Waals surface area contributed by atoms with Crippen molar-refractivity contribution < 1.29 is 144 Å². The van der Waals surface area contributed by atoms with Crippen molar-refractivity contribution in [2.75, 3.05) is 6.61 Å². The normalized spacial score (nSPS) is 26.6. The first kappa shape index (κ1) is 28.3. The van der Waals surface area contributed by atoms with Crippen LogP contribution in [0.15, 0.2) is 21.9 Å². The predicted octanol–water partition coefficient (Wildman–Crippen LogP) is -14.4. The first-order chi connectivity index (χ1) is 8.04. The van der Waals surface area contributed by atoms with Crippen molar-refractivity contribution in [3.05, 3.63) is 33.1 Å². The number of rotatable bonds is 2. The van der Waals surface area contributed by atoms with Gasteiger partial charge in [0.15, 0.2) is 6.23 Å². The summed E-state index contributed by atoms with van der Waals surface area (Å²) in [5.41, 5.74) is -1.33. The van der Waals surface area contributed by atoms with Crippen molar-refractivity contribution in [2.45, 2.75) is 24.5 Å². The molecule has 0 aliphatic carbocycles. The van der Waals surface area contributed by atoms with E-state index in [4.69, 9.17) is 9.84 Å². The summed E-state index contributed by atoms with van der Waals surface area (Å²) >= 11 is 0. The Hall–Kier alpha value is 2.52. The van der Waals surface area contributed by atoms with Crippen LogP contribution in [0.1, 0.15) is 11.9 Å². The van der Waals surface area contributed by atoms with E-state index >= 15 is 0 Å². The molecule has 4 atom stereocenters. The Kier molecular flexibility index (Phi) is 17.3. The van der Waals surface area contributed by atoms with Crippen LogP contribution in [-0.2, 0) is 4.74 Å². The summed E-state index contributed by atoms with van der Waals surface area (Å²) in [5, 5.41) is 28.1. The molecular formula is C9H16N2Na4O6. The summed E-state index contributed by atoms with van der Waals surface area (Å²) in [6, 6.07) is 1.09. The summed E-state index contributed by atoms with van der Waals surface area (Å²) in [6.07, 6.45) is -3.58. The number of aromatic amines is 1. The molecule has 21 heavy (non-hydrogen) atoms. The van der Waals surface area contributed by atoms with Crippen molar-refractivity contribution in [3.8, 4) is 0 Å². The molecule has 1 aliphatic heterocycles. The molecule has 1 aromatic rings. The fourth-order valence-electron chi connectivity index (χ4n) is 1.74. The van der Waals surface area contributed by atoms with Crippen molar-refractivity contribution >= 4 is 0 Å². The minimum atomic E-state index is -1.35. The number of H-pyrrole nitrogens is 1. The monoisotopic (exact) mass is 340 g/mol. The molecule has 0 aromatic carbocycles. The number of hydrogen-bond donors (Lipinski definition) is 4. The first-order valence-corrected chi connectivity index (χ1v) is 4.98. The second-order valence-corrected chi connectivity index (χ2v) is 3.75. The second-order valence-electron chi connectivity index (χ2n) is 3.75. The number of ether oxygens (including phenoxy) is 1. The van der Waals surface area contributed by atoms with Gasteiger partial charge in [0.05, 0.1) is 6.61 Å². The van der Waals surface area contributed by atoms with E-state index in [9.17, 15) is 19.8 Å². The van der Waals surface area contributed by atoms with Gasteiger partial charge in [0.1, 0.15) is 18.3 Å². The fourth-order valence-corrected chi connectivity index (χ4v) is 1.74. The van der Waals surface area contributed by atoms with Crippen LogP contribution in [0.5, 0.6) is 0 Å². The van der Waals surface area contributed by atoms with Gasteiger partial charge in [-0.2, -0.15) is 0 Å². The van der Waals surface area contributed by atoms with Crippen LogP contribution in [0.2, 0.25) is 0 Å². The van der Waals surface area contributed by atoms with Crippen molar-refractivity contribution in [1.29, 1.82) is 0 Å². The standard InChI is InChI=1S/C9H12N2O6.4Na.4H/c12-3-4-6(14)7(15)8(17-4)11-2-1-5(13)10-9(11)16;;;;;;;;/h1-2,4,6-8,12,14-15H,3H2,(H,10,13,16);;;;;;;;/q;4*+1;4*-1/t4-,6-,7-,8-;;;;;;;;/m1......../s1. The average Bonchev–Trinajstić information content (AvgIpc) is 2.57. The van der Waals surface area contributed by atoms with Gasteiger partial charge in [-0.1, -0.05) is 0 Å². The van der Waals surface area contributed by atoms with Crippen molar-refractivity contribution in [2.24, 2.45) is 0 Å². The van der Waals surface area contributed by atoms with Gasteiger partial charge in [0.25, 0.3) is 5.56 Å². The number of nitrogens with zero attached hydrogens (tertiary/aromatic N) is 1. The molecule has 0 spiro atoms. The number of hydrogen-bond acceptors (Lipinski definition) is 6. The minimum absolute atomic E-state index is 0. The molecule has 1 saturated heterocycles. The quantitative estimate of drug-likeness (QED) is 0.396. The smallest absolute Gasteiger partial charge is 1.00 e. The Morgan fingerprint density at radius 3 is 2.19 bits per heavy atom. The van der Waals surface area contributed by atoms with Gasteiger partial charge in [-0.05, 0) is 0 Å². The molecule has 4 N–H and O–H groups in total. The fraction of sp³-hybridized carbons (Fsp3) is 0.556. The van der Waals surface area contributed by atoms with Gasteiger partial charge in [-0.3, -0.25) is 14.3 Å². The zero-order valence-corrected chi connectivity index (χ0v) is 20.7. The van der Waals surface area contributed by atoms with Gasteiger partial charge in [-0.15, -0.1) is 0 Å². The third-order valence-corrected chi connectivity index (χ3v) is 2.64. The molecule has 0 radical (unpaired) electrons. The molecule has 8 nitrogen and oxygen atoms in total. The topological polar surface area (TPSA) is 125 Å². The van der Waals surface area contributed by atoms with Crippen LogP contribution < -0.4 is 129 Å². The molecule has 1 aromatic heterocycles. The molecule has 0 amide bonds. The van der Waals surface area contributed by atoms with Gasteiger partial charge >= 0.3 is 124 Å². The van der Waals surface area contributed by atoms with E-state index < -0.39 is 42.4 Å². The van der Waals surface area contributed by atoms with E-state index in [-0.39, 0.29) is 124 Å². The van der Waals surface area contributed by atoms with Crippen LogP contribution in [-0.4, -0.2) is 49.8 Å². The minimum Gasteiger partial charge on any atom is -1.00 e. The predicted molar refractivity (Wildman–Crippen MR) is 58.8 cm³/mol. The van der Waals surface area contributed by atoms with Crippen molar-refractivity contribution in [3.63, 3.8) is 0 Å². The molecule has 2 rings (SSSR count). The zero-order chi connectivity index (χ0) is 12.6. The molecular weight excluding hydrogens is 324 g/mol. The largest absolute Gasteiger partial charge is 1.00 e. The van der Waals surface area contributed by atoms with E-state index in [1.54, 1.807) is 0 Å². The van der Waals surface area contributed by atoms with Gasteiger partial charge in [-0.25, -0.2) is 4.79 Å². The Bertz CT molecular complexity index is 539. The van der Waals surface area contributed by atoms with Crippen LogP contribution >= 0.6 is 0 Å².